The van der Waals surface area contributed by atoms with Crippen LogP contribution in [0.25, 0.3) is 0 Å². The van der Waals surface area contributed by atoms with E-state index < -0.39 is 0 Å². The van der Waals surface area contributed by atoms with E-state index in [9.17, 15) is 0 Å². The number of nitrogens with zero attached hydrogens (tertiary/aromatic N) is 2. The molecular weight excluding hydrogens is 216 g/mol. The topological polar surface area (TPSA) is 62.9 Å². The molecule has 2 unspecified atom stereocenters. The Morgan fingerprint density at radius 1 is 1.65 bits per heavy atom. The van der Waals surface area contributed by atoms with Crippen molar-refractivity contribution in [3.63, 3.8) is 0 Å². The molecule has 5 heteroatoms. The summed E-state index contributed by atoms with van der Waals surface area (Å²) < 4.78 is 5.19. The average Bonchev–Trinajstić information content (AvgIpc) is 2.66. The van der Waals surface area contributed by atoms with Crippen molar-refractivity contribution in [2.45, 2.75) is 25.3 Å². The van der Waals surface area contributed by atoms with E-state index >= 15 is 0 Å². The minimum absolute atomic E-state index is 0.141. The number of nitrogens with two attached hydrogens (primary N) is 1. The quantitative estimate of drug-likeness (QED) is 0.727. The maximum Gasteiger partial charge on any atom is 0.191 e. The molecule has 0 saturated carbocycles. The molecule has 2 aliphatic rings. The molecule has 3 N–H and O–H groups in total. The lowest BCUT2D eigenvalue weighted by molar-refractivity contribution is 0.0594. The van der Waals surface area contributed by atoms with Crippen LogP contribution < -0.4 is 11.1 Å². The molecule has 0 amide bonds. The van der Waals surface area contributed by atoms with Crippen LogP contribution in [-0.2, 0) is 4.74 Å². The van der Waals surface area contributed by atoms with Crippen molar-refractivity contribution in [3.8, 4) is 0 Å². The van der Waals surface area contributed by atoms with Crippen molar-refractivity contribution >= 4 is 5.96 Å². The monoisotopic (exact) mass is 240 g/mol. The predicted molar refractivity (Wildman–Crippen MR) is 69.1 cm³/mol. The van der Waals surface area contributed by atoms with Crippen LogP contribution in [0.1, 0.15) is 19.8 Å². The zero-order chi connectivity index (χ0) is 12.3. The van der Waals surface area contributed by atoms with E-state index in [1.165, 1.54) is 6.42 Å². The third-order valence-electron chi connectivity index (χ3n) is 4.23. The molecule has 98 valence electrons. The fourth-order valence-electron chi connectivity index (χ4n) is 3.20. The van der Waals surface area contributed by atoms with E-state index in [-0.39, 0.29) is 5.54 Å². The van der Waals surface area contributed by atoms with Gasteiger partial charge in [-0.25, -0.2) is 0 Å². The van der Waals surface area contributed by atoms with Gasteiger partial charge in [0.15, 0.2) is 5.96 Å². The number of guanidine groups is 1. The van der Waals surface area contributed by atoms with E-state index in [0.717, 1.165) is 32.6 Å². The first-order valence-electron chi connectivity index (χ1n) is 6.52. The van der Waals surface area contributed by atoms with Gasteiger partial charge in [0.1, 0.15) is 0 Å². The molecule has 0 aromatic heterocycles. The highest BCUT2D eigenvalue weighted by Gasteiger charge is 2.48. The van der Waals surface area contributed by atoms with Crippen LogP contribution in [0, 0.1) is 5.92 Å². The molecule has 2 atom stereocenters. The first kappa shape index (κ1) is 12.6. The minimum Gasteiger partial charge on any atom is -0.383 e. The van der Waals surface area contributed by atoms with Crippen LogP contribution in [0.5, 0.6) is 0 Å². The Balaban J connectivity index is 2.15. The van der Waals surface area contributed by atoms with Gasteiger partial charge in [-0.3, -0.25) is 4.99 Å². The zero-order valence-electron chi connectivity index (χ0n) is 10.9. The highest BCUT2D eigenvalue weighted by Crippen LogP contribution is 2.36. The number of piperidine rings is 1. The van der Waals surface area contributed by atoms with Gasteiger partial charge in [0, 0.05) is 20.2 Å². The molecule has 5 nitrogen and oxygen atoms in total. The summed E-state index contributed by atoms with van der Waals surface area (Å²) in [5.74, 6) is 1.32. The summed E-state index contributed by atoms with van der Waals surface area (Å²) in [5, 5.41) is 3.48. The van der Waals surface area contributed by atoms with Crippen LogP contribution >= 0.6 is 0 Å². The number of rotatable bonds is 4. The summed E-state index contributed by atoms with van der Waals surface area (Å²) in [6.07, 6.45) is 2.29. The SMILES string of the molecule is CCC1CNCCC12CN=C(N)N2CCOC. The van der Waals surface area contributed by atoms with E-state index in [0.29, 0.717) is 18.5 Å². The van der Waals surface area contributed by atoms with Gasteiger partial charge in [-0.05, 0) is 25.3 Å². The van der Waals surface area contributed by atoms with Gasteiger partial charge in [0.05, 0.1) is 18.7 Å². The zero-order valence-corrected chi connectivity index (χ0v) is 10.9. The molecule has 2 aliphatic heterocycles. The Labute approximate surface area is 103 Å². The van der Waals surface area contributed by atoms with Crippen LogP contribution in [0.15, 0.2) is 4.99 Å². The molecule has 0 aliphatic carbocycles. The molecule has 0 bridgehead atoms. The van der Waals surface area contributed by atoms with Crippen molar-refractivity contribution in [3.05, 3.63) is 0 Å². The van der Waals surface area contributed by atoms with E-state index in [1.807, 2.05) is 0 Å². The number of methoxy groups -OCH3 is 1. The molecular formula is C12H24N4O. The molecule has 1 spiro atoms. The Morgan fingerprint density at radius 2 is 2.47 bits per heavy atom. The van der Waals surface area contributed by atoms with Crippen molar-refractivity contribution in [1.29, 1.82) is 0 Å². The lowest BCUT2D eigenvalue weighted by Gasteiger charge is -2.47. The van der Waals surface area contributed by atoms with Crippen molar-refractivity contribution < 1.29 is 4.74 Å². The maximum atomic E-state index is 6.04. The van der Waals surface area contributed by atoms with Crippen molar-refractivity contribution in [1.82, 2.24) is 10.2 Å². The molecule has 17 heavy (non-hydrogen) atoms. The summed E-state index contributed by atoms with van der Waals surface area (Å²) >= 11 is 0. The third kappa shape index (κ3) is 2.13. The lowest BCUT2D eigenvalue weighted by Crippen LogP contribution is -2.62. The van der Waals surface area contributed by atoms with Crippen LogP contribution in [-0.4, -0.2) is 56.3 Å². The van der Waals surface area contributed by atoms with E-state index in [1.54, 1.807) is 7.11 Å². The van der Waals surface area contributed by atoms with Crippen molar-refractivity contribution in [2.75, 3.05) is 39.9 Å². The van der Waals surface area contributed by atoms with Crippen LogP contribution in [0.2, 0.25) is 0 Å². The summed E-state index contributed by atoms with van der Waals surface area (Å²) in [7, 11) is 1.73. The summed E-state index contributed by atoms with van der Waals surface area (Å²) in [6.45, 7) is 6.79. The third-order valence-corrected chi connectivity index (χ3v) is 4.23. The van der Waals surface area contributed by atoms with Gasteiger partial charge in [0.25, 0.3) is 0 Å². The minimum atomic E-state index is 0.141. The number of hydrogen-bond acceptors (Lipinski definition) is 5. The largest absolute Gasteiger partial charge is 0.383 e. The van der Waals surface area contributed by atoms with E-state index in [4.69, 9.17) is 10.5 Å². The molecule has 1 fully saturated rings. The number of aliphatic imine (C=N–C) groups is 1. The fourth-order valence-corrected chi connectivity index (χ4v) is 3.20. The summed E-state index contributed by atoms with van der Waals surface area (Å²) in [6, 6.07) is 0. The van der Waals surface area contributed by atoms with Gasteiger partial charge in [0.2, 0.25) is 0 Å². The fraction of sp³-hybridized carbons (Fsp3) is 0.917. The number of hydrogen-bond donors (Lipinski definition) is 2. The lowest BCUT2D eigenvalue weighted by atomic mass is 9.76. The molecule has 0 aromatic rings. The Kier molecular flexibility index (Phi) is 3.89. The number of nitrogens with one attached hydrogen (secondary N) is 1. The van der Waals surface area contributed by atoms with Gasteiger partial charge in [-0.15, -0.1) is 0 Å². The highest BCUT2D eigenvalue weighted by molar-refractivity contribution is 5.81. The van der Waals surface area contributed by atoms with Crippen LogP contribution in [0.4, 0.5) is 0 Å². The Hall–Kier alpha value is -0.810. The Morgan fingerprint density at radius 3 is 3.18 bits per heavy atom. The van der Waals surface area contributed by atoms with Gasteiger partial charge in [-0.1, -0.05) is 6.92 Å². The second-order valence-corrected chi connectivity index (χ2v) is 4.98. The molecule has 2 rings (SSSR count). The summed E-state index contributed by atoms with van der Waals surface area (Å²) in [4.78, 5) is 6.77. The van der Waals surface area contributed by atoms with E-state index in [2.05, 4.69) is 22.1 Å². The molecule has 1 saturated heterocycles. The first-order valence-corrected chi connectivity index (χ1v) is 6.52. The normalized spacial score (nSPS) is 33.2. The van der Waals surface area contributed by atoms with Gasteiger partial charge < -0.3 is 20.7 Å². The summed E-state index contributed by atoms with van der Waals surface area (Å²) in [5.41, 5.74) is 6.18. The maximum absolute atomic E-state index is 6.04. The highest BCUT2D eigenvalue weighted by atomic mass is 16.5. The molecule has 0 aromatic carbocycles. The van der Waals surface area contributed by atoms with Crippen LogP contribution in [0.3, 0.4) is 0 Å². The van der Waals surface area contributed by atoms with Crippen molar-refractivity contribution in [2.24, 2.45) is 16.6 Å². The number of ether oxygens (including phenoxy) is 1. The second kappa shape index (κ2) is 5.23. The smallest absolute Gasteiger partial charge is 0.191 e. The average molecular weight is 240 g/mol. The molecule has 2 heterocycles. The standard InChI is InChI=1S/C12H24N4O/c1-3-10-8-14-5-4-12(10)9-15-11(13)16(12)6-7-17-2/h10,14H,3-9H2,1-2H3,(H2,13,15). The second-order valence-electron chi connectivity index (χ2n) is 4.98. The Bertz CT molecular complexity index is 294. The van der Waals surface area contributed by atoms with Gasteiger partial charge >= 0.3 is 0 Å². The predicted octanol–water partition coefficient (Wildman–Crippen LogP) is 0.0214. The molecule has 0 radical (unpaired) electrons. The van der Waals surface area contributed by atoms with Gasteiger partial charge in [-0.2, -0.15) is 0 Å². The first-order chi connectivity index (χ1) is 8.24.